The van der Waals surface area contributed by atoms with Gasteiger partial charge in [-0.05, 0) is 31.1 Å². The summed E-state index contributed by atoms with van der Waals surface area (Å²) in [6.45, 7) is 14.9. The van der Waals surface area contributed by atoms with Crippen molar-refractivity contribution < 1.29 is 5.11 Å². The zero-order valence-corrected chi connectivity index (χ0v) is 12.4. The van der Waals surface area contributed by atoms with E-state index >= 15 is 0 Å². The van der Waals surface area contributed by atoms with Gasteiger partial charge in [0.15, 0.2) is 0 Å². The van der Waals surface area contributed by atoms with Gasteiger partial charge in [-0.2, -0.15) is 0 Å². The maximum atomic E-state index is 9.89. The lowest BCUT2D eigenvalue weighted by Gasteiger charge is -2.23. The monoisotopic (exact) mass is 228 g/mol. The Morgan fingerprint density at radius 1 is 1.00 bits per heavy atom. The summed E-state index contributed by atoms with van der Waals surface area (Å²) in [6.07, 6.45) is 6.71. The Morgan fingerprint density at radius 3 is 1.62 bits per heavy atom. The van der Waals surface area contributed by atoms with Gasteiger partial charge >= 0.3 is 0 Å². The Bertz CT molecular complexity index is 162. The molecule has 0 rings (SSSR count). The molecule has 0 aliphatic rings. The summed E-state index contributed by atoms with van der Waals surface area (Å²) < 4.78 is 0. The van der Waals surface area contributed by atoms with E-state index < -0.39 is 5.60 Å². The van der Waals surface area contributed by atoms with Crippen molar-refractivity contribution in [2.75, 3.05) is 0 Å². The predicted molar refractivity (Wildman–Crippen MR) is 74.6 cm³/mol. The highest BCUT2D eigenvalue weighted by Gasteiger charge is 2.19. The van der Waals surface area contributed by atoms with Gasteiger partial charge in [-0.25, -0.2) is 0 Å². The molecule has 0 heterocycles. The molecule has 0 fully saturated rings. The zero-order chi connectivity index (χ0) is 13.2. The molecule has 1 heteroatoms. The van der Waals surface area contributed by atoms with E-state index in [1.54, 1.807) is 0 Å². The van der Waals surface area contributed by atoms with Gasteiger partial charge in [-0.3, -0.25) is 0 Å². The molecule has 0 aromatic heterocycles. The van der Waals surface area contributed by atoms with Gasteiger partial charge in [0.05, 0.1) is 5.60 Å². The van der Waals surface area contributed by atoms with E-state index in [2.05, 4.69) is 46.8 Å². The van der Waals surface area contributed by atoms with E-state index in [0.29, 0.717) is 5.92 Å². The molecule has 0 saturated heterocycles. The molecule has 0 bridgehead atoms. The largest absolute Gasteiger partial charge is 0.390 e. The number of hydrogen-bond donors (Lipinski definition) is 1. The van der Waals surface area contributed by atoms with Crippen LogP contribution in [0.15, 0.2) is 12.2 Å². The first-order valence-electron chi connectivity index (χ1n) is 6.66. The maximum absolute atomic E-state index is 9.89. The van der Waals surface area contributed by atoms with E-state index in [1.165, 1.54) is 0 Å². The lowest BCUT2D eigenvalue weighted by Crippen LogP contribution is -2.25. The van der Waals surface area contributed by atoms with Crippen molar-refractivity contribution in [1.29, 1.82) is 0 Å². The molecule has 0 aromatic carbocycles. The first kappa shape index (κ1) is 18.1. The Kier molecular flexibility index (Phi) is 11.2. The molecular weight excluding hydrogens is 196 g/mol. The van der Waals surface area contributed by atoms with E-state index in [9.17, 15) is 5.11 Å². The fraction of sp³-hybridized carbons (Fsp3) is 0.867. The Morgan fingerprint density at radius 2 is 1.38 bits per heavy atom. The van der Waals surface area contributed by atoms with Gasteiger partial charge in [-0.1, -0.05) is 60.6 Å². The van der Waals surface area contributed by atoms with Crippen LogP contribution in [0.25, 0.3) is 0 Å². The van der Waals surface area contributed by atoms with E-state index in [4.69, 9.17) is 0 Å². The summed E-state index contributed by atoms with van der Waals surface area (Å²) in [6, 6.07) is 0. The van der Waals surface area contributed by atoms with Crippen molar-refractivity contribution in [2.24, 2.45) is 11.8 Å². The van der Waals surface area contributed by atoms with E-state index in [0.717, 1.165) is 25.2 Å². The lowest BCUT2D eigenvalue weighted by atomic mass is 9.93. The summed E-state index contributed by atoms with van der Waals surface area (Å²) in [5.41, 5.74) is -0.467. The highest BCUT2D eigenvalue weighted by Crippen LogP contribution is 2.19. The molecule has 0 spiro atoms. The summed E-state index contributed by atoms with van der Waals surface area (Å²) in [4.78, 5) is 0. The van der Waals surface area contributed by atoms with Crippen molar-refractivity contribution in [3.63, 3.8) is 0 Å². The van der Waals surface area contributed by atoms with Crippen molar-refractivity contribution >= 4 is 0 Å². The van der Waals surface area contributed by atoms with Crippen LogP contribution in [0, 0.1) is 11.8 Å². The van der Waals surface area contributed by atoms with E-state index in [-0.39, 0.29) is 0 Å². The molecule has 0 aromatic rings. The Labute approximate surface area is 103 Å². The molecule has 0 unspecified atom stereocenters. The normalized spacial score (nSPS) is 12.1. The lowest BCUT2D eigenvalue weighted by molar-refractivity contribution is 0.0352. The van der Waals surface area contributed by atoms with Gasteiger partial charge in [0.25, 0.3) is 0 Å². The smallest absolute Gasteiger partial charge is 0.0676 e. The van der Waals surface area contributed by atoms with Gasteiger partial charge in [0, 0.05) is 0 Å². The van der Waals surface area contributed by atoms with Crippen LogP contribution in [0.4, 0.5) is 0 Å². The molecule has 0 saturated carbocycles. The topological polar surface area (TPSA) is 20.2 Å². The SMILES string of the molecule is CC(C)C.CCC(O)(CC)C/C=C/C(C)C. The summed E-state index contributed by atoms with van der Waals surface area (Å²) >= 11 is 0. The van der Waals surface area contributed by atoms with Gasteiger partial charge in [0.2, 0.25) is 0 Å². The molecule has 98 valence electrons. The number of rotatable bonds is 5. The van der Waals surface area contributed by atoms with Gasteiger partial charge < -0.3 is 5.11 Å². The second kappa shape index (κ2) is 9.89. The van der Waals surface area contributed by atoms with Crippen LogP contribution in [0.3, 0.4) is 0 Å². The quantitative estimate of drug-likeness (QED) is 0.670. The zero-order valence-electron chi connectivity index (χ0n) is 12.4. The minimum Gasteiger partial charge on any atom is -0.390 e. The van der Waals surface area contributed by atoms with Crippen LogP contribution >= 0.6 is 0 Å². The second-order valence-electron chi connectivity index (χ2n) is 5.54. The van der Waals surface area contributed by atoms with Crippen LogP contribution < -0.4 is 0 Å². The fourth-order valence-electron chi connectivity index (χ4n) is 1.10. The van der Waals surface area contributed by atoms with Gasteiger partial charge in [-0.15, -0.1) is 0 Å². The molecular formula is C15H32O. The number of aliphatic hydroxyl groups is 1. The van der Waals surface area contributed by atoms with Crippen molar-refractivity contribution in [2.45, 2.75) is 73.3 Å². The van der Waals surface area contributed by atoms with Crippen LogP contribution in [0.1, 0.15) is 67.7 Å². The highest BCUT2D eigenvalue weighted by atomic mass is 16.3. The number of allylic oxidation sites excluding steroid dienone is 1. The standard InChI is InChI=1S/C11H22O.C4H10/c1-5-11(12,6-2)9-7-8-10(3)4;1-4(2)3/h7-8,10,12H,5-6,9H2,1-4H3;4H,1-3H3/b8-7+;. The predicted octanol–water partition coefficient (Wildman–Crippen LogP) is 4.80. The molecule has 1 N–H and O–H groups in total. The van der Waals surface area contributed by atoms with Crippen LogP contribution in [-0.4, -0.2) is 10.7 Å². The highest BCUT2D eigenvalue weighted by molar-refractivity contribution is 4.91. The summed E-state index contributed by atoms with van der Waals surface area (Å²) in [5.74, 6) is 1.42. The number of hydrogen-bond acceptors (Lipinski definition) is 1. The molecule has 0 amide bonds. The summed E-state index contributed by atoms with van der Waals surface area (Å²) in [5, 5.41) is 9.89. The molecule has 0 aliphatic heterocycles. The fourth-order valence-corrected chi connectivity index (χ4v) is 1.10. The molecule has 1 nitrogen and oxygen atoms in total. The summed E-state index contributed by atoms with van der Waals surface area (Å²) in [7, 11) is 0. The average Bonchev–Trinajstić information content (AvgIpc) is 2.16. The first-order valence-corrected chi connectivity index (χ1v) is 6.66. The molecule has 0 radical (unpaired) electrons. The van der Waals surface area contributed by atoms with Gasteiger partial charge in [0.1, 0.15) is 0 Å². The van der Waals surface area contributed by atoms with E-state index in [1.807, 2.05) is 13.8 Å². The van der Waals surface area contributed by atoms with Crippen molar-refractivity contribution in [3.8, 4) is 0 Å². The second-order valence-corrected chi connectivity index (χ2v) is 5.54. The van der Waals surface area contributed by atoms with Crippen LogP contribution in [0.2, 0.25) is 0 Å². The first-order chi connectivity index (χ1) is 7.27. The minimum atomic E-state index is -0.467. The Balaban J connectivity index is 0. The third-order valence-electron chi connectivity index (χ3n) is 2.34. The Hall–Kier alpha value is -0.300. The molecule has 0 aliphatic carbocycles. The maximum Gasteiger partial charge on any atom is 0.0676 e. The van der Waals surface area contributed by atoms with Crippen LogP contribution in [0.5, 0.6) is 0 Å². The average molecular weight is 228 g/mol. The third kappa shape index (κ3) is 13.7. The van der Waals surface area contributed by atoms with Crippen molar-refractivity contribution in [1.82, 2.24) is 0 Å². The third-order valence-corrected chi connectivity index (χ3v) is 2.34. The van der Waals surface area contributed by atoms with Crippen LogP contribution in [-0.2, 0) is 0 Å². The minimum absolute atomic E-state index is 0.467. The molecule has 16 heavy (non-hydrogen) atoms. The van der Waals surface area contributed by atoms with Crippen molar-refractivity contribution in [3.05, 3.63) is 12.2 Å². The molecule has 0 atom stereocenters.